The van der Waals surface area contributed by atoms with Crippen LogP contribution in [0.1, 0.15) is 17.2 Å². The smallest absolute Gasteiger partial charge is 0.202 e. The monoisotopic (exact) mass is 260 g/mol. The number of aliphatic hydroxyl groups excluding tert-OH is 1. The highest BCUT2D eigenvalue weighted by atomic mass is 16.5. The summed E-state index contributed by atoms with van der Waals surface area (Å²) in [5.41, 5.74) is 1.42. The van der Waals surface area contributed by atoms with Crippen LogP contribution in [0.2, 0.25) is 0 Å². The quantitative estimate of drug-likeness (QED) is 0.789. The molecule has 0 saturated carbocycles. The van der Waals surface area contributed by atoms with E-state index in [1.54, 1.807) is 0 Å². The molecule has 0 aliphatic rings. The molecule has 0 spiro atoms. The fourth-order valence-corrected chi connectivity index (χ4v) is 1.98. The molecule has 0 bridgehead atoms. The second-order valence-electron chi connectivity index (χ2n) is 4.30. The Kier molecular flexibility index (Phi) is 3.92. The molecule has 2 aromatic carbocycles. The molecule has 1 atom stereocenters. The van der Waals surface area contributed by atoms with E-state index >= 15 is 0 Å². The van der Waals surface area contributed by atoms with Crippen molar-refractivity contribution >= 4 is 0 Å². The van der Waals surface area contributed by atoms with Gasteiger partial charge >= 0.3 is 0 Å². The van der Waals surface area contributed by atoms with E-state index < -0.39 is 6.10 Å². The second kappa shape index (κ2) is 5.63. The predicted octanol–water partition coefficient (Wildman–Crippen LogP) is 2.38. The molecule has 3 N–H and O–H groups in total. The zero-order valence-electron chi connectivity index (χ0n) is 10.6. The molecule has 0 aliphatic heterocycles. The average Bonchev–Trinajstić information content (AvgIpc) is 2.39. The largest absolute Gasteiger partial charge is 0.504 e. The van der Waals surface area contributed by atoms with Gasteiger partial charge in [-0.2, -0.15) is 0 Å². The van der Waals surface area contributed by atoms with E-state index in [0.29, 0.717) is 12.0 Å². The van der Waals surface area contributed by atoms with E-state index in [1.807, 2.05) is 30.3 Å². The van der Waals surface area contributed by atoms with Gasteiger partial charge in [-0.25, -0.2) is 0 Å². The SMILES string of the molecule is COc1c(O)cc([C@@H](O)Cc2ccccc2)cc1O. The van der Waals surface area contributed by atoms with Gasteiger partial charge < -0.3 is 20.1 Å². The van der Waals surface area contributed by atoms with Crippen LogP contribution in [0.15, 0.2) is 42.5 Å². The molecule has 0 amide bonds. The number of hydrogen-bond donors (Lipinski definition) is 3. The Bertz CT molecular complexity index is 528. The van der Waals surface area contributed by atoms with Crippen LogP contribution >= 0.6 is 0 Å². The molecule has 0 saturated heterocycles. The maximum atomic E-state index is 10.1. The first-order chi connectivity index (χ1) is 9.11. The van der Waals surface area contributed by atoms with Crippen LogP contribution in [-0.4, -0.2) is 22.4 Å². The lowest BCUT2D eigenvalue weighted by molar-refractivity contribution is 0.177. The summed E-state index contributed by atoms with van der Waals surface area (Å²) in [5.74, 6) is -0.370. The molecule has 19 heavy (non-hydrogen) atoms. The summed E-state index contributed by atoms with van der Waals surface area (Å²) in [6, 6.07) is 12.3. The van der Waals surface area contributed by atoms with E-state index in [4.69, 9.17) is 4.74 Å². The van der Waals surface area contributed by atoms with Gasteiger partial charge in [-0.05, 0) is 23.3 Å². The normalized spacial score (nSPS) is 12.1. The summed E-state index contributed by atoms with van der Waals surface area (Å²) in [4.78, 5) is 0. The van der Waals surface area contributed by atoms with Crippen molar-refractivity contribution < 1.29 is 20.1 Å². The summed E-state index contributed by atoms with van der Waals surface area (Å²) < 4.78 is 4.85. The molecule has 4 nitrogen and oxygen atoms in total. The zero-order valence-corrected chi connectivity index (χ0v) is 10.6. The van der Waals surface area contributed by atoms with E-state index in [-0.39, 0.29) is 17.2 Å². The van der Waals surface area contributed by atoms with Gasteiger partial charge in [0, 0.05) is 6.42 Å². The van der Waals surface area contributed by atoms with Gasteiger partial charge in [0.25, 0.3) is 0 Å². The third kappa shape index (κ3) is 2.98. The summed E-state index contributed by atoms with van der Waals surface area (Å²) in [5, 5.41) is 29.5. The fourth-order valence-electron chi connectivity index (χ4n) is 1.98. The molecule has 0 aromatic heterocycles. The van der Waals surface area contributed by atoms with E-state index in [0.717, 1.165) is 5.56 Å². The van der Waals surface area contributed by atoms with E-state index in [9.17, 15) is 15.3 Å². The Morgan fingerprint density at radius 1 is 1.05 bits per heavy atom. The first kappa shape index (κ1) is 13.2. The van der Waals surface area contributed by atoms with Crippen molar-refractivity contribution in [2.45, 2.75) is 12.5 Å². The van der Waals surface area contributed by atoms with Gasteiger partial charge in [0.2, 0.25) is 5.75 Å². The molecule has 2 rings (SSSR count). The molecule has 4 heteroatoms. The first-order valence-corrected chi connectivity index (χ1v) is 5.93. The number of methoxy groups -OCH3 is 1. The molecule has 0 radical (unpaired) electrons. The second-order valence-corrected chi connectivity index (χ2v) is 4.30. The number of rotatable bonds is 4. The van der Waals surface area contributed by atoms with Crippen molar-refractivity contribution in [1.82, 2.24) is 0 Å². The summed E-state index contributed by atoms with van der Waals surface area (Å²) in [6.45, 7) is 0. The maximum absolute atomic E-state index is 10.1. The summed E-state index contributed by atoms with van der Waals surface area (Å²) in [6.07, 6.45) is -0.392. The van der Waals surface area contributed by atoms with Gasteiger partial charge in [0.05, 0.1) is 13.2 Å². The highest BCUT2D eigenvalue weighted by molar-refractivity contribution is 5.52. The number of hydrogen-bond acceptors (Lipinski definition) is 4. The molecule has 2 aromatic rings. The minimum Gasteiger partial charge on any atom is -0.504 e. The fraction of sp³-hybridized carbons (Fsp3) is 0.200. The molecule has 0 fully saturated rings. The molecule has 0 unspecified atom stereocenters. The molecular weight excluding hydrogens is 244 g/mol. The number of aliphatic hydroxyl groups is 1. The van der Waals surface area contributed by atoms with Crippen molar-refractivity contribution in [2.24, 2.45) is 0 Å². The predicted molar refractivity (Wildman–Crippen MR) is 71.4 cm³/mol. The van der Waals surface area contributed by atoms with Crippen molar-refractivity contribution in [1.29, 1.82) is 0 Å². The van der Waals surface area contributed by atoms with Crippen LogP contribution in [-0.2, 0) is 6.42 Å². The molecule has 0 aliphatic carbocycles. The molecule has 0 heterocycles. The average molecular weight is 260 g/mol. The van der Waals surface area contributed by atoms with Crippen LogP contribution in [0.25, 0.3) is 0 Å². The van der Waals surface area contributed by atoms with Gasteiger partial charge in [0.15, 0.2) is 11.5 Å². The van der Waals surface area contributed by atoms with Crippen molar-refractivity contribution in [2.75, 3.05) is 7.11 Å². The number of benzene rings is 2. The Hall–Kier alpha value is -2.20. The van der Waals surface area contributed by atoms with Gasteiger partial charge in [-0.3, -0.25) is 0 Å². The lowest BCUT2D eigenvalue weighted by atomic mass is 10.0. The van der Waals surface area contributed by atoms with Gasteiger partial charge in [-0.15, -0.1) is 0 Å². The van der Waals surface area contributed by atoms with Crippen molar-refractivity contribution in [3.63, 3.8) is 0 Å². The van der Waals surface area contributed by atoms with E-state index in [1.165, 1.54) is 19.2 Å². The minimum absolute atomic E-state index is 0.00987. The Morgan fingerprint density at radius 3 is 2.16 bits per heavy atom. The topological polar surface area (TPSA) is 69.9 Å². The first-order valence-electron chi connectivity index (χ1n) is 5.93. The molecule has 100 valence electrons. The Labute approximate surface area is 111 Å². The number of aromatic hydroxyl groups is 2. The van der Waals surface area contributed by atoms with Crippen LogP contribution in [0.3, 0.4) is 0 Å². The Balaban J connectivity index is 2.22. The van der Waals surface area contributed by atoms with Crippen LogP contribution in [0.4, 0.5) is 0 Å². The summed E-state index contributed by atoms with van der Waals surface area (Å²) in [7, 11) is 1.36. The van der Waals surface area contributed by atoms with Crippen molar-refractivity contribution in [3.8, 4) is 17.2 Å². The highest BCUT2D eigenvalue weighted by Gasteiger charge is 2.15. The number of ether oxygens (including phenoxy) is 1. The highest BCUT2D eigenvalue weighted by Crippen LogP contribution is 2.38. The van der Waals surface area contributed by atoms with Crippen LogP contribution in [0, 0.1) is 0 Å². The Morgan fingerprint density at radius 2 is 1.63 bits per heavy atom. The number of phenols is 2. The van der Waals surface area contributed by atoms with Crippen LogP contribution < -0.4 is 4.74 Å². The maximum Gasteiger partial charge on any atom is 0.202 e. The van der Waals surface area contributed by atoms with Crippen molar-refractivity contribution in [3.05, 3.63) is 53.6 Å². The van der Waals surface area contributed by atoms with E-state index in [2.05, 4.69) is 0 Å². The number of phenolic OH excluding ortho intramolecular Hbond substituents is 2. The third-order valence-corrected chi connectivity index (χ3v) is 2.93. The minimum atomic E-state index is -0.801. The lowest BCUT2D eigenvalue weighted by Crippen LogP contribution is -2.02. The molecular formula is C15H16O4. The lowest BCUT2D eigenvalue weighted by Gasteiger charge is -2.14. The van der Waals surface area contributed by atoms with Crippen LogP contribution in [0.5, 0.6) is 17.2 Å². The third-order valence-electron chi connectivity index (χ3n) is 2.93. The standard InChI is InChI=1S/C15H16O4/c1-19-15-13(17)8-11(9-14(15)18)12(16)7-10-5-3-2-4-6-10/h2-6,8-9,12,16-18H,7H2,1H3/t12-/m0/s1. The van der Waals surface area contributed by atoms with Gasteiger partial charge in [0.1, 0.15) is 0 Å². The van der Waals surface area contributed by atoms with Gasteiger partial charge in [-0.1, -0.05) is 30.3 Å². The summed E-state index contributed by atoms with van der Waals surface area (Å²) >= 11 is 0. The zero-order chi connectivity index (χ0) is 13.8.